The Bertz CT molecular complexity index is 852. The van der Waals surface area contributed by atoms with Gasteiger partial charge in [0.1, 0.15) is 18.1 Å². The average Bonchev–Trinajstić information content (AvgIpc) is 2.80. The molecule has 17 heteroatoms. The van der Waals surface area contributed by atoms with Crippen molar-refractivity contribution < 1.29 is 39.0 Å². The van der Waals surface area contributed by atoms with Crippen molar-refractivity contribution in [3.8, 4) is 0 Å². The summed E-state index contributed by atoms with van der Waals surface area (Å²) in [4.78, 5) is 75.6. The van der Waals surface area contributed by atoms with E-state index in [0.29, 0.717) is 12.2 Å². The average molecular weight is 549 g/mol. The second-order valence-electron chi connectivity index (χ2n) is 7.96. The van der Waals surface area contributed by atoms with E-state index in [0.717, 1.165) is 0 Å². The number of primary amides is 1. The van der Waals surface area contributed by atoms with E-state index in [4.69, 9.17) is 28.0 Å². The Balaban J connectivity index is 5.68. The molecule has 13 N–H and O–H groups in total. The highest BCUT2D eigenvalue weighted by Crippen LogP contribution is 2.06. The second kappa shape index (κ2) is 17.8. The number of nitrogens with two attached hydrogens (primary N) is 4. The Morgan fingerprint density at radius 2 is 1.38 bits per heavy atom. The van der Waals surface area contributed by atoms with Crippen LogP contribution in [0.4, 0.5) is 0 Å². The van der Waals surface area contributed by atoms with Crippen LogP contribution in [0.2, 0.25) is 0 Å². The summed E-state index contributed by atoms with van der Waals surface area (Å²) in [6.45, 7) is 0.0785. The number of hydrogen-bond donors (Lipinski definition) is 9. The van der Waals surface area contributed by atoms with Gasteiger partial charge in [-0.15, -0.1) is 0 Å². The molecule has 0 aromatic rings. The molecule has 0 heterocycles. The molecule has 0 aliphatic heterocycles. The van der Waals surface area contributed by atoms with Gasteiger partial charge in [-0.25, -0.2) is 4.79 Å². The summed E-state index contributed by atoms with van der Waals surface area (Å²) < 4.78 is 0. The number of nitrogens with zero attached hydrogens (tertiary/aromatic N) is 1. The molecule has 210 valence electrons. The van der Waals surface area contributed by atoms with E-state index < -0.39 is 72.6 Å². The number of amides is 4. The molecule has 4 amide bonds. The van der Waals surface area contributed by atoms with Crippen molar-refractivity contribution in [2.24, 2.45) is 27.9 Å². The van der Waals surface area contributed by atoms with Crippen molar-refractivity contribution in [3.63, 3.8) is 0 Å². The monoisotopic (exact) mass is 548 g/mol. The third kappa shape index (κ3) is 15.2. The molecule has 0 saturated carbocycles. The van der Waals surface area contributed by atoms with Gasteiger partial charge in [0.15, 0.2) is 5.96 Å². The van der Waals surface area contributed by atoms with E-state index in [2.05, 4.69) is 20.9 Å². The number of carbonyl (C=O) groups excluding carboxylic acids is 4. The zero-order valence-electron chi connectivity index (χ0n) is 20.5. The van der Waals surface area contributed by atoms with Crippen molar-refractivity contribution in [2.75, 3.05) is 18.6 Å². The molecule has 4 atom stereocenters. The fraction of sp³-hybridized carbons (Fsp3) is 0.650. The lowest BCUT2D eigenvalue weighted by Gasteiger charge is -2.25. The smallest absolute Gasteiger partial charge is 0.326 e. The van der Waals surface area contributed by atoms with Crippen LogP contribution in [0.5, 0.6) is 0 Å². The van der Waals surface area contributed by atoms with Gasteiger partial charge in [0.25, 0.3) is 0 Å². The lowest BCUT2D eigenvalue weighted by atomic mass is 10.1. The lowest BCUT2D eigenvalue weighted by Crippen LogP contribution is -2.57. The Morgan fingerprint density at radius 1 is 0.838 bits per heavy atom. The second-order valence-corrected chi connectivity index (χ2v) is 8.95. The summed E-state index contributed by atoms with van der Waals surface area (Å²) in [5, 5.41) is 25.2. The molecular weight excluding hydrogens is 512 g/mol. The van der Waals surface area contributed by atoms with E-state index in [1.807, 2.05) is 6.26 Å². The predicted molar refractivity (Wildman–Crippen MR) is 135 cm³/mol. The van der Waals surface area contributed by atoms with Crippen LogP contribution in [0.1, 0.15) is 38.5 Å². The van der Waals surface area contributed by atoms with Gasteiger partial charge in [-0.2, -0.15) is 11.8 Å². The molecule has 0 spiro atoms. The number of carboxylic acid groups (broad SMARTS) is 2. The van der Waals surface area contributed by atoms with Crippen LogP contribution in [0.25, 0.3) is 0 Å². The Kier molecular flexibility index (Phi) is 16.0. The highest BCUT2D eigenvalue weighted by molar-refractivity contribution is 7.98. The minimum absolute atomic E-state index is 0.0654. The maximum atomic E-state index is 13.0. The normalized spacial score (nSPS) is 13.8. The first kappa shape index (κ1) is 33.4. The van der Waals surface area contributed by atoms with Gasteiger partial charge in [0, 0.05) is 13.0 Å². The first-order valence-electron chi connectivity index (χ1n) is 11.2. The van der Waals surface area contributed by atoms with Gasteiger partial charge in [-0.1, -0.05) is 0 Å². The van der Waals surface area contributed by atoms with Gasteiger partial charge >= 0.3 is 11.9 Å². The topological polar surface area (TPSA) is 295 Å². The predicted octanol–water partition coefficient (Wildman–Crippen LogP) is -3.60. The van der Waals surface area contributed by atoms with Crippen LogP contribution < -0.4 is 38.9 Å². The summed E-state index contributed by atoms with van der Waals surface area (Å²) in [7, 11) is 0. The molecule has 4 unspecified atom stereocenters. The summed E-state index contributed by atoms with van der Waals surface area (Å²) in [5.41, 5.74) is 21.4. The molecule has 0 bridgehead atoms. The molecule has 0 radical (unpaired) electrons. The SMILES string of the molecule is CSCCC(N)C(=O)NC(CCC(=O)O)C(=O)NC(CCCN=C(N)N)C(=O)NC(CC(N)=O)C(=O)O. The molecular formula is C20H36N8O8S. The summed E-state index contributed by atoms with van der Waals surface area (Å²) >= 11 is 1.46. The van der Waals surface area contributed by atoms with Crippen LogP contribution in [0.3, 0.4) is 0 Å². The quantitative estimate of drug-likeness (QED) is 0.0429. The number of rotatable bonds is 19. The fourth-order valence-electron chi connectivity index (χ4n) is 2.91. The Morgan fingerprint density at radius 3 is 1.86 bits per heavy atom. The standard InChI is InChI=1S/C20H36N8O8S/c1-37-8-6-10(21)16(32)26-12(4-5-15(30)31)18(34)27-11(3-2-7-25-20(23)24)17(33)28-13(19(35)36)9-14(22)29/h10-13H,2-9,21H2,1H3,(H2,22,29)(H,26,32)(H,27,34)(H,28,33)(H,30,31)(H,35,36)(H4,23,24,25). The van der Waals surface area contributed by atoms with Gasteiger partial charge < -0.3 is 49.1 Å². The number of aliphatic carboxylic acids is 2. The number of aliphatic imine (C=N–C) groups is 1. The van der Waals surface area contributed by atoms with E-state index in [1.165, 1.54) is 11.8 Å². The van der Waals surface area contributed by atoms with Crippen molar-refractivity contribution in [2.45, 2.75) is 62.7 Å². The molecule has 0 fully saturated rings. The zero-order chi connectivity index (χ0) is 28.5. The van der Waals surface area contributed by atoms with Crippen LogP contribution in [-0.4, -0.2) is 94.5 Å². The number of nitrogens with one attached hydrogen (secondary N) is 3. The molecule has 0 saturated heterocycles. The maximum Gasteiger partial charge on any atom is 0.326 e. The van der Waals surface area contributed by atoms with Gasteiger partial charge in [0.05, 0.1) is 12.5 Å². The lowest BCUT2D eigenvalue weighted by molar-refractivity contribution is -0.143. The maximum absolute atomic E-state index is 13.0. The van der Waals surface area contributed by atoms with Crippen molar-refractivity contribution in [1.82, 2.24) is 16.0 Å². The summed E-state index contributed by atoms with van der Waals surface area (Å²) in [6, 6.07) is -5.29. The van der Waals surface area contributed by atoms with Crippen LogP contribution in [-0.2, 0) is 28.8 Å². The molecule has 0 rings (SSSR count). The first-order valence-corrected chi connectivity index (χ1v) is 12.6. The van der Waals surface area contributed by atoms with E-state index in [-0.39, 0.29) is 31.8 Å². The highest BCUT2D eigenvalue weighted by atomic mass is 32.2. The molecule has 0 aliphatic carbocycles. The third-order valence-electron chi connectivity index (χ3n) is 4.85. The fourth-order valence-corrected chi connectivity index (χ4v) is 3.40. The van der Waals surface area contributed by atoms with Crippen LogP contribution >= 0.6 is 11.8 Å². The minimum atomic E-state index is -1.65. The van der Waals surface area contributed by atoms with Crippen LogP contribution in [0, 0.1) is 0 Å². The number of carbonyl (C=O) groups is 6. The van der Waals surface area contributed by atoms with Gasteiger partial charge in [0.2, 0.25) is 23.6 Å². The zero-order valence-corrected chi connectivity index (χ0v) is 21.3. The van der Waals surface area contributed by atoms with Crippen molar-refractivity contribution >= 4 is 53.3 Å². The number of carboxylic acids is 2. The first-order chi connectivity index (χ1) is 17.3. The van der Waals surface area contributed by atoms with Crippen molar-refractivity contribution in [1.29, 1.82) is 0 Å². The van der Waals surface area contributed by atoms with E-state index in [9.17, 15) is 33.9 Å². The Hall–Kier alpha value is -3.60. The number of guanidine groups is 1. The van der Waals surface area contributed by atoms with Gasteiger partial charge in [-0.3, -0.25) is 29.0 Å². The minimum Gasteiger partial charge on any atom is -0.481 e. The molecule has 16 nitrogen and oxygen atoms in total. The highest BCUT2D eigenvalue weighted by Gasteiger charge is 2.31. The third-order valence-corrected chi connectivity index (χ3v) is 5.49. The molecule has 0 aromatic carbocycles. The largest absolute Gasteiger partial charge is 0.481 e. The summed E-state index contributed by atoms with van der Waals surface area (Å²) in [5.74, 6) is -5.87. The van der Waals surface area contributed by atoms with Crippen LogP contribution in [0.15, 0.2) is 4.99 Å². The van der Waals surface area contributed by atoms with Crippen molar-refractivity contribution in [3.05, 3.63) is 0 Å². The van der Waals surface area contributed by atoms with Gasteiger partial charge in [-0.05, 0) is 37.7 Å². The number of hydrogen-bond acceptors (Lipinski definition) is 9. The number of thioether (sulfide) groups is 1. The molecule has 0 aromatic heterocycles. The molecule has 0 aliphatic rings. The Labute approximate surface area is 217 Å². The van der Waals surface area contributed by atoms with E-state index in [1.54, 1.807) is 0 Å². The summed E-state index contributed by atoms with van der Waals surface area (Å²) in [6.07, 6.45) is 0.779. The van der Waals surface area contributed by atoms with E-state index >= 15 is 0 Å². The molecule has 37 heavy (non-hydrogen) atoms.